The summed E-state index contributed by atoms with van der Waals surface area (Å²) in [5, 5.41) is 2.90. The molecule has 2 aromatic heterocycles. The first-order valence-electron chi connectivity index (χ1n) is 7.88. The molecule has 0 atom stereocenters. The van der Waals surface area contributed by atoms with E-state index in [2.05, 4.69) is 20.3 Å². The molecule has 2 heterocycles. The summed E-state index contributed by atoms with van der Waals surface area (Å²) in [5.74, 6) is 2.03. The van der Waals surface area contributed by atoms with E-state index in [-0.39, 0.29) is 5.91 Å². The first-order chi connectivity index (χ1) is 11.2. The van der Waals surface area contributed by atoms with Crippen LogP contribution in [0.1, 0.15) is 46.5 Å². The van der Waals surface area contributed by atoms with Crippen molar-refractivity contribution in [2.75, 3.05) is 6.54 Å². The number of nitrogens with one attached hydrogen (secondary N) is 2. The van der Waals surface area contributed by atoms with E-state index in [1.807, 2.05) is 13.0 Å². The van der Waals surface area contributed by atoms with Gasteiger partial charge in [0.2, 0.25) is 0 Å². The van der Waals surface area contributed by atoms with Gasteiger partial charge in [-0.1, -0.05) is 0 Å². The van der Waals surface area contributed by atoms with E-state index in [4.69, 9.17) is 4.42 Å². The molecule has 1 aliphatic rings. The molecular formula is C17H18N4O2. The fourth-order valence-electron chi connectivity index (χ4n) is 2.58. The van der Waals surface area contributed by atoms with Gasteiger partial charge < -0.3 is 14.7 Å². The van der Waals surface area contributed by atoms with E-state index < -0.39 is 0 Å². The van der Waals surface area contributed by atoms with Gasteiger partial charge in [0.15, 0.2) is 11.5 Å². The van der Waals surface area contributed by atoms with Crippen molar-refractivity contribution in [3.63, 3.8) is 0 Å². The van der Waals surface area contributed by atoms with E-state index >= 15 is 0 Å². The van der Waals surface area contributed by atoms with Gasteiger partial charge in [-0.25, -0.2) is 9.97 Å². The molecule has 23 heavy (non-hydrogen) atoms. The van der Waals surface area contributed by atoms with Crippen LogP contribution in [0.5, 0.6) is 0 Å². The molecule has 0 saturated heterocycles. The smallest absolute Gasteiger partial charge is 0.251 e. The number of amides is 1. The van der Waals surface area contributed by atoms with Crippen molar-refractivity contribution in [1.29, 1.82) is 0 Å². The SMILES string of the molecule is Cc1cnc(CCNC(=O)c2ccc3nc(C4CC4)oc3c2)[nH]1. The zero-order valence-corrected chi connectivity index (χ0v) is 12.9. The molecule has 1 aliphatic carbocycles. The lowest BCUT2D eigenvalue weighted by Crippen LogP contribution is -2.25. The molecule has 1 amide bonds. The number of nitrogens with zero attached hydrogens (tertiary/aromatic N) is 2. The second-order valence-electron chi connectivity index (χ2n) is 6.03. The summed E-state index contributed by atoms with van der Waals surface area (Å²) < 4.78 is 5.75. The molecule has 6 heteroatoms. The van der Waals surface area contributed by atoms with E-state index in [1.165, 1.54) is 0 Å². The third-order valence-electron chi connectivity index (χ3n) is 4.00. The van der Waals surface area contributed by atoms with Crippen LogP contribution in [0.4, 0.5) is 0 Å². The normalized spacial score (nSPS) is 14.3. The van der Waals surface area contributed by atoms with Crippen LogP contribution in [0.2, 0.25) is 0 Å². The van der Waals surface area contributed by atoms with E-state index in [0.717, 1.165) is 35.8 Å². The monoisotopic (exact) mass is 310 g/mol. The Labute approximate surface area is 133 Å². The predicted molar refractivity (Wildman–Crippen MR) is 85.3 cm³/mol. The second-order valence-corrected chi connectivity index (χ2v) is 6.03. The summed E-state index contributed by atoms with van der Waals surface area (Å²) >= 11 is 0. The molecule has 0 unspecified atom stereocenters. The fourth-order valence-corrected chi connectivity index (χ4v) is 2.58. The first kappa shape index (κ1) is 14.0. The molecule has 4 rings (SSSR count). The van der Waals surface area contributed by atoms with Crippen molar-refractivity contribution in [3.8, 4) is 0 Å². The second kappa shape index (κ2) is 5.53. The zero-order valence-electron chi connectivity index (χ0n) is 12.9. The number of imidazole rings is 1. The first-order valence-corrected chi connectivity index (χ1v) is 7.88. The van der Waals surface area contributed by atoms with E-state index in [0.29, 0.717) is 30.0 Å². The molecule has 2 N–H and O–H groups in total. The minimum absolute atomic E-state index is 0.112. The number of benzene rings is 1. The summed E-state index contributed by atoms with van der Waals surface area (Å²) in [4.78, 5) is 24.1. The molecule has 0 aliphatic heterocycles. The Bertz CT molecular complexity index is 860. The number of aryl methyl sites for hydroxylation is 1. The fraction of sp³-hybridized carbons (Fsp3) is 0.353. The quantitative estimate of drug-likeness (QED) is 0.759. The maximum atomic E-state index is 12.2. The number of aromatic nitrogens is 3. The van der Waals surface area contributed by atoms with Crippen molar-refractivity contribution in [1.82, 2.24) is 20.3 Å². The summed E-state index contributed by atoms with van der Waals surface area (Å²) in [6.45, 7) is 2.49. The molecule has 3 aromatic rings. The zero-order chi connectivity index (χ0) is 15.8. The Hall–Kier alpha value is -2.63. The topological polar surface area (TPSA) is 83.8 Å². The van der Waals surface area contributed by atoms with Crippen LogP contribution in [0, 0.1) is 6.92 Å². The van der Waals surface area contributed by atoms with Crippen molar-refractivity contribution in [2.45, 2.75) is 32.1 Å². The molecule has 1 fully saturated rings. The standard InChI is InChI=1S/C17H18N4O2/c1-10-9-19-15(20-10)6-7-18-16(22)12-4-5-13-14(8-12)23-17(21-13)11-2-3-11/h4-5,8-9,11H,2-3,6-7H2,1H3,(H,18,22)(H,19,20). The average Bonchev–Trinajstić information content (AvgIpc) is 3.18. The maximum Gasteiger partial charge on any atom is 0.251 e. The number of hydrogen-bond acceptors (Lipinski definition) is 4. The van der Waals surface area contributed by atoms with Crippen molar-refractivity contribution in [2.24, 2.45) is 0 Å². The van der Waals surface area contributed by atoms with Crippen molar-refractivity contribution >= 4 is 17.0 Å². The Morgan fingerprint density at radius 3 is 3.04 bits per heavy atom. The molecule has 0 spiro atoms. The molecular weight excluding hydrogens is 292 g/mol. The van der Waals surface area contributed by atoms with Crippen molar-refractivity contribution < 1.29 is 9.21 Å². The highest BCUT2D eigenvalue weighted by atomic mass is 16.3. The lowest BCUT2D eigenvalue weighted by Gasteiger charge is -2.03. The van der Waals surface area contributed by atoms with Gasteiger partial charge in [0.25, 0.3) is 5.91 Å². The van der Waals surface area contributed by atoms with Crippen LogP contribution in [0.25, 0.3) is 11.1 Å². The van der Waals surface area contributed by atoms with Crippen LogP contribution in [-0.4, -0.2) is 27.4 Å². The minimum Gasteiger partial charge on any atom is -0.440 e. The maximum absolute atomic E-state index is 12.2. The molecule has 1 saturated carbocycles. The number of rotatable bonds is 5. The lowest BCUT2D eigenvalue weighted by atomic mass is 10.2. The van der Waals surface area contributed by atoms with Crippen LogP contribution < -0.4 is 5.32 Å². The molecule has 1 aromatic carbocycles. The van der Waals surface area contributed by atoms with Gasteiger partial charge in [-0.3, -0.25) is 4.79 Å². The third-order valence-corrected chi connectivity index (χ3v) is 4.00. The number of hydrogen-bond donors (Lipinski definition) is 2. The van der Waals surface area contributed by atoms with Crippen LogP contribution >= 0.6 is 0 Å². The van der Waals surface area contributed by atoms with Gasteiger partial charge in [0.05, 0.1) is 0 Å². The third kappa shape index (κ3) is 2.97. The van der Waals surface area contributed by atoms with Gasteiger partial charge in [0, 0.05) is 36.3 Å². The molecule has 0 radical (unpaired) electrons. The number of carbonyl (C=O) groups is 1. The number of carbonyl (C=O) groups excluding carboxylic acids is 1. The number of oxazole rings is 1. The Balaban J connectivity index is 1.41. The van der Waals surface area contributed by atoms with Gasteiger partial charge in [-0.05, 0) is 38.0 Å². The van der Waals surface area contributed by atoms with E-state index in [1.54, 1.807) is 18.3 Å². The molecule has 0 bridgehead atoms. The highest BCUT2D eigenvalue weighted by Gasteiger charge is 2.29. The van der Waals surface area contributed by atoms with Crippen LogP contribution in [0.15, 0.2) is 28.8 Å². The van der Waals surface area contributed by atoms with Crippen LogP contribution in [-0.2, 0) is 6.42 Å². The summed E-state index contributed by atoms with van der Waals surface area (Å²) in [6.07, 6.45) is 4.75. The van der Waals surface area contributed by atoms with Gasteiger partial charge >= 0.3 is 0 Å². The number of fused-ring (bicyclic) bond motifs is 1. The highest BCUT2D eigenvalue weighted by molar-refractivity contribution is 5.97. The largest absolute Gasteiger partial charge is 0.440 e. The summed E-state index contributed by atoms with van der Waals surface area (Å²) in [6, 6.07) is 5.39. The number of aromatic amines is 1. The highest BCUT2D eigenvalue weighted by Crippen LogP contribution is 2.40. The van der Waals surface area contributed by atoms with Crippen molar-refractivity contribution in [3.05, 3.63) is 47.4 Å². The van der Waals surface area contributed by atoms with Crippen LogP contribution in [0.3, 0.4) is 0 Å². The van der Waals surface area contributed by atoms with Gasteiger partial charge in [0.1, 0.15) is 11.3 Å². The Kier molecular flexibility index (Phi) is 3.37. The average molecular weight is 310 g/mol. The Morgan fingerprint density at radius 1 is 1.43 bits per heavy atom. The Morgan fingerprint density at radius 2 is 2.30 bits per heavy atom. The lowest BCUT2D eigenvalue weighted by molar-refractivity contribution is 0.0954. The van der Waals surface area contributed by atoms with Gasteiger partial charge in [-0.2, -0.15) is 0 Å². The van der Waals surface area contributed by atoms with E-state index in [9.17, 15) is 4.79 Å². The van der Waals surface area contributed by atoms with Gasteiger partial charge in [-0.15, -0.1) is 0 Å². The molecule has 118 valence electrons. The predicted octanol–water partition coefficient (Wildman–Crippen LogP) is 2.71. The minimum atomic E-state index is -0.112. The molecule has 6 nitrogen and oxygen atoms in total. The summed E-state index contributed by atoms with van der Waals surface area (Å²) in [7, 11) is 0. The number of H-pyrrole nitrogens is 1. The summed E-state index contributed by atoms with van der Waals surface area (Å²) in [5.41, 5.74) is 3.11.